The first kappa shape index (κ1) is 22.9. The number of carbonyl (C=O) groups is 1. The summed E-state index contributed by atoms with van der Waals surface area (Å²) >= 11 is 0. The van der Waals surface area contributed by atoms with Crippen molar-refractivity contribution in [3.8, 4) is 22.7 Å². The zero-order valence-electron chi connectivity index (χ0n) is 19.7. The third-order valence-corrected chi connectivity index (χ3v) is 6.76. The second-order valence-electron chi connectivity index (χ2n) is 8.89. The van der Waals surface area contributed by atoms with E-state index >= 15 is 0 Å². The maximum atomic E-state index is 12.0. The maximum absolute atomic E-state index is 12.0. The number of β-amino-alcohol motifs (C(OH)–C–C–N with tert-alkyl or cyclic N) is 1. The third-order valence-electron chi connectivity index (χ3n) is 6.76. The van der Waals surface area contributed by atoms with E-state index in [1.807, 2.05) is 37.3 Å². The van der Waals surface area contributed by atoms with Gasteiger partial charge in [-0.25, -0.2) is 4.98 Å². The Labute approximate surface area is 203 Å². The normalized spacial score (nSPS) is 14.5. The highest BCUT2D eigenvalue weighted by atomic mass is 16.3. The summed E-state index contributed by atoms with van der Waals surface area (Å²) in [5, 5.41) is 19.2. The largest absolute Gasteiger partial charge is 0.508 e. The molecule has 0 radical (unpaired) electrons. The van der Waals surface area contributed by atoms with Crippen molar-refractivity contribution in [1.29, 1.82) is 0 Å². The average molecular weight is 472 g/mol. The van der Waals surface area contributed by atoms with Crippen LogP contribution >= 0.6 is 0 Å². The number of carbonyl (C=O) groups excluding carboxylic acids is 1. The smallest absolute Gasteiger partial charge is 0.155 e. The molecule has 0 bridgehead atoms. The fourth-order valence-corrected chi connectivity index (χ4v) is 4.79. The van der Waals surface area contributed by atoms with Gasteiger partial charge in [0.05, 0.1) is 29.1 Å². The van der Waals surface area contributed by atoms with Crippen molar-refractivity contribution in [3.63, 3.8) is 0 Å². The van der Waals surface area contributed by atoms with E-state index in [2.05, 4.69) is 21.9 Å². The van der Waals surface area contributed by atoms with Gasteiger partial charge in [0.15, 0.2) is 6.29 Å². The number of aromatic nitrogens is 2. The fraction of sp³-hybridized carbons (Fsp3) is 0.259. The highest BCUT2D eigenvalue weighted by molar-refractivity contribution is 6.03. The van der Waals surface area contributed by atoms with Crippen molar-refractivity contribution >= 4 is 28.8 Å². The number of aryl methyl sites for hydroxylation is 1. The Balaban J connectivity index is 1.47. The van der Waals surface area contributed by atoms with Gasteiger partial charge in [0.2, 0.25) is 0 Å². The fourth-order valence-electron chi connectivity index (χ4n) is 4.79. The molecular formula is C27H29N5O3. The third kappa shape index (κ3) is 4.22. The Bertz CT molecular complexity index is 1370. The molecule has 0 aliphatic carbocycles. The van der Waals surface area contributed by atoms with E-state index in [4.69, 9.17) is 15.8 Å². The second kappa shape index (κ2) is 9.40. The molecule has 180 valence electrons. The van der Waals surface area contributed by atoms with Crippen molar-refractivity contribution in [3.05, 3.63) is 65.7 Å². The highest BCUT2D eigenvalue weighted by Crippen LogP contribution is 2.34. The predicted octanol–water partition coefficient (Wildman–Crippen LogP) is 3.22. The Morgan fingerprint density at radius 3 is 2.46 bits per heavy atom. The lowest BCUT2D eigenvalue weighted by Gasteiger charge is -2.35. The van der Waals surface area contributed by atoms with Crippen LogP contribution in [0.3, 0.4) is 0 Å². The average Bonchev–Trinajstić information content (AvgIpc) is 3.16. The quantitative estimate of drug-likeness (QED) is 0.371. The number of fused-ring (bicyclic) bond motifs is 1. The molecule has 0 unspecified atom stereocenters. The van der Waals surface area contributed by atoms with Gasteiger partial charge in [0.25, 0.3) is 0 Å². The Morgan fingerprint density at radius 2 is 1.77 bits per heavy atom. The number of nitrogen functional groups attached to an aromatic ring is 1. The van der Waals surface area contributed by atoms with Crippen molar-refractivity contribution in [1.82, 2.24) is 14.5 Å². The molecular weight excluding hydrogens is 442 g/mol. The minimum absolute atomic E-state index is 0.124. The van der Waals surface area contributed by atoms with Crippen LogP contribution in [0.2, 0.25) is 0 Å². The van der Waals surface area contributed by atoms with Crippen LogP contribution in [0, 0.1) is 6.92 Å². The van der Waals surface area contributed by atoms with Crippen LogP contribution in [0.1, 0.15) is 15.9 Å². The van der Waals surface area contributed by atoms with Gasteiger partial charge < -0.3 is 20.8 Å². The van der Waals surface area contributed by atoms with E-state index in [0.717, 1.165) is 61.5 Å². The Hall–Kier alpha value is -3.88. The Morgan fingerprint density at radius 1 is 1.03 bits per heavy atom. The van der Waals surface area contributed by atoms with Crippen LogP contribution in [0.25, 0.3) is 28.0 Å². The minimum atomic E-state index is 0.124. The van der Waals surface area contributed by atoms with Gasteiger partial charge in [-0.1, -0.05) is 18.2 Å². The molecule has 3 heterocycles. The first-order chi connectivity index (χ1) is 17.0. The molecule has 0 amide bonds. The number of phenols is 1. The summed E-state index contributed by atoms with van der Waals surface area (Å²) < 4.78 is 1.77. The number of nitrogens with two attached hydrogens (primary N) is 1. The van der Waals surface area contributed by atoms with E-state index in [9.17, 15) is 9.90 Å². The van der Waals surface area contributed by atoms with Gasteiger partial charge in [-0.2, -0.15) is 0 Å². The first-order valence-electron chi connectivity index (χ1n) is 11.7. The Kier molecular flexibility index (Phi) is 6.15. The van der Waals surface area contributed by atoms with Gasteiger partial charge in [-0.3, -0.25) is 14.3 Å². The molecule has 0 saturated carbocycles. The number of aliphatic hydroxyl groups excluding tert-OH is 1. The standard InChI is InChI=1S/C27H29N5O3/c1-18-2-7-21(35)16-25(18)32-24-9-8-23(29-26(24)22(17-34)27(32)28)19-3-5-20(6-4-19)31-12-10-30(11-13-31)14-15-33/h2-9,16-17,33,35H,10-15,28H2,1H3. The molecule has 0 spiro atoms. The molecule has 8 nitrogen and oxygen atoms in total. The summed E-state index contributed by atoms with van der Waals surface area (Å²) in [5.74, 6) is 0.419. The van der Waals surface area contributed by atoms with Crippen LogP contribution in [-0.2, 0) is 0 Å². The van der Waals surface area contributed by atoms with Gasteiger partial charge in [0.1, 0.15) is 17.1 Å². The molecule has 4 aromatic rings. The van der Waals surface area contributed by atoms with E-state index < -0.39 is 0 Å². The van der Waals surface area contributed by atoms with Crippen LogP contribution in [-0.4, -0.2) is 70.3 Å². The predicted molar refractivity (Wildman–Crippen MR) is 138 cm³/mol. The number of benzene rings is 2. The number of aldehydes is 1. The van der Waals surface area contributed by atoms with Crippen molar-refractivity contribution in [2.75, 3.05) is 50.0 Å². The van der Waals surface area contributed by atoms with Crippen molar-refractivity contribution < 1.29 is 15.0 Å². The number of nitrogens with zero attached hydrogens (tertiary/aromatic N) is 4. The molecule has 1 fully saturated rings. The zero-order valence-corrected chi connectivity index (χ0v) is 19.7. The number of aliphatic hydroxyl groups is 1. The van der Waals surface area contributed by atoms with E-state index in [1.165, 1.54) is 0 Å². The van der Waals surface area contributed by atoms with E-state index in [0.29, 0.717) is 28.1 Å². The molecule has 8 heteroatoms. The molecule has 1 saturated heterocycles. The molecule has 2 aromatic carbocycles. The van der Waals surface area contributed by atoms with E-state index in [1.54, 1.807) is 16.7 Å². The van der Waals surface area contributed by atoms with Crippen LogP contribution in [0.15, 0.2) is 54.6 Å². The van der Waals surface area contributed by atoms with Crippen LogP contribution in [0.4, 0.5) is 11.5 Å². The van der Waals surface area contributed by atoms with Gasteiger partial charge >= 0.3 is 0 Å². The number of piperazine rings is 1. The highest BCUT2D eigenvalue weighted by Gasteiger charge is 2.20. The lowest BCUT2D eigenvalue weighted by Crippen LogP contribution is -2.47. The summed E-state index contributed by atoms with van der Waals surface area (Å²) in [4.78, 5) is 21.4. The number of pyridine rings is 1. The number of phenolic OH excluding ortho intramolecular Hbond substituents is 1. The lowest BCUT2D eigenvalue weighted by molar-refractivity contribution is 0.112. The van der Waals surface area contributed by atoms with Gasteiger partial charge in [-0.05, 0) is 42.8 Å². The molecule has 0 atom stereocenters. The minimum Gasteiger partial charge on any atom is -0.508 e. The summed E-state index contributed by atoms with van der Waals surface area (Å²) in [5.41, 5.74) is 12.4. The van der Waals surface area contributed by atoms with Crippen LogP contribution in [0.5, 0.6) is 5.75 Å². The molecule has 35 heavy (non-hydrogen) atoms. The second-order valence-corrected chi connectivity index (χ2v) is 8.89. The molecule has 5 rings (SSSR count). The topological polar surface area (TPSA) is 108 Å². The van der Waals surface area contributed by atoms with Gasteiger partial charge in [-0.15, -0.1) is 0 Å². The number of anilines is 2. The first-order valence-corrected chi connectivity index (χ1v) is 11.7. The SMILES string of the molecule is Cc1ccc(O)cc1-n1c(N)c(C=O)c2nc(-c3ccc(N4CCN(CCO)CC4)cc3)ccc21. The molecule has 4 N–H and O–H groups in total. The number of hydrogen-bond donors (Lipinski definition) is 3. The van der Waals surface area contributed by atoms with Crippen molar-refractivity contribution in [2.45, 2.75) is 6.92 Å². The molecule has 1 aliphatic heterocycles. The molecule has 1 aliphatic rings. The number of aromatic hydroxyl groups is 1. The zero-order chi connectivity index (χ0) is 24.5. The summed E-state index contributed by atoms with van der Waals surface area (Å²) in [6, 6.07) is 17.2. The molecule has 2 aromatic heterocycles. The maximum Gasteiger partial charge on any atom is 0.155 e. The number of rotatable bonds is 6. The summed E-state index contributed by atoms with van der Waals surface area (Å²) in [7, 11) is 0. The van der Waals surface area contributed by atoms with Crippen molar-refractivity contribution in [2.24, 2.45) is 0 Å². The van der Waals surface area contributed by atoms with Gasteiger partial charge in [0, 0.05) is 50.0 Å². The lowest BCUT2D eigenvalue weighted by atomic mass is 10.1. The van der Waals surface area contributed by atoms with Crippen LogP contribution < -0.4 is 10.6 Å². The summed E-state index contributed by atoms with van der Waals surface area (Å²) in [6.07, 6.45) is 0.739. The summed E-state index contributed by atoms with van der Waals surface area (Å²) in [6.45, 7) is 6.57. The number of hydrogen-bond acceptors (Lipinski definition) is 7. The van der Waals surface area contributed by atoms with E-state index in [-0.39, 0.29) is 12.4 Å². The monoisotopic (exact) mass is 471 g/mol.